The van der Waals surface area contributed by atoms with Crippen LogP contribution in [0.4, 0.5) is 5.82 Å². The van der Waals surface area contributed by atoms with Gasteiger partial charge >= 0.3 is 0 Å². The molecule has 1 amide bonds. The fourth-order valence-electron chi connectivity index (χ4n) is 3.68. The van der Waals surface area contributed by atoms with E-state index in [1.807, 2.05) is 60.7 Å². The third kappa shape index (κ3) is 3.85. The summed E-state index contributed by atoms with van der Waals surface area (Å²) in [5.41, 5.74) is 5.10. The van der Waals surface area contributed by atoms with Crippen molar-refractivity contribution in [2.75, 3.05) is 31.1 Å². The van der Waals surface area contributed by atoms with Crippen LogP contribution in [0.1, 0.15) is 32.9 Å². The van der Waals surface area contributed by atoms with Crippen molar-refractivity contribution < 1.29 is 4.79 Å². The second-order valence-corrected chi connectivity index (χ2v) is 7.65. The Kier molecular flexibility index (Phi) is 5.05. The van der Waals surface area contributed by atoms with Crippen LogP contribution in [0, 0.1) is 27.7 Å². The molecule has 0 radical (unpaired) electrons. The number of anilines is 1. The summed E-state index contributed by atoms with van der Waals surface area (Å²) in [5, 5.41) is 4.50. The number of aryl methyl sites for hydroxylation is 4. The number of benzene rings is 1. The Morgan fingerprint density at radius 3 is 2.24 bits per heavy atom. The van der Waals surface area contributed by atoms with E-state index in [1.165, 1.54) is 5.56 Å². The van der Waals surface area contributed by atoms with Gasteiger partial charge in [0.05, 0.1) is 5.69 Å². The number of aromatic nitrogens is 4. The second-order valence-electron chi connectivity index (χ2n) is 7.65. The molecule has 1 aliphatic heterocycles. The number of rotatable bonds is 3. The van der Waals surface area contributed by atoms with Crippen molar-refractivity contribution in [1.82, 2.24) is 24.6 Å². The largest absolute Gasteiger partial charge is 0.353 e. The molecule has 1 saturated heterocycles. The second kappa shape index (κ2) is 7.66. The summed E-state index contributed by atoms with van der Waals surface area (Å²) >= 11 is 0. The SMILES string of the molecule is Cc1cc(C)n(-c2cc(N3CCN(C(=O)c4ccc(C)c(C)c4)CC3)ncn2)n1. The van der Waals surface area contributed by atoms with Gasteiger partial charge in [0.2, 0.25) is 0 Å². The van der Waals surface area contributed by atoms with E-state index >= 15 is 0 Å². The monoisotopic (exact) mass is 390 g/mol. The molecule has 4 rings (SSSR count). The Morgan fingerprint density at radius 2 is 1.59 bits per heavy atom. The molecular formula is C22H26N6O. The molecular weight excluding hydrogens is 364 g/mol. The van der Waals surface area contributed by atoms with E-state index in [4.69, 9.17) is 0 Å². The van der Waals surface area contributed by atoms with Crippen LogP contribution >= 0.6 is 0 Å². The van der Waals surface area contributed by atoms with Crippen LogP contribution in [-0.4, -0.2) is 56.7 Å². The molecule has 29 heavy (non-hydrogen) atoms. The van der Waals surface area contributed by atoms with Gasteiger partial charge in [-0.05, 0) is 57.0 Å². The number of hydrogen-bond acceptors (Lipinski definition) is 5. The molecule has 0 N–H and O–H groups in total. The van der Waals surface area contributed by atoms with Crippen LogP contribution in [0.3, 0.4) is 0 Å². The first-order valence-corrected chi connectivity index (χ1v) is 9.89. The van der Waals surface area contributed by atoms with Gasteiger partial charge in [0.15, 0.2) is 5.82 Å². The van der Waals surface area contributed by atoms with E-state index in [9.17, 15) is 4.79 Å². The quantitative estimate of drug-likeness (QED) is 0.688. The Morgan fingerprint density at radius 1 is 0.862 bits per heavy atom. The number of piperazine rings is 1. The first-order chi connectivity index (χ1) is 13.9. The molecule has 1 aromatic carbocycles. The summed E-state index contributed by atoms with van der Waals surface area (Å²) in [6, 6.07) is 9.90. The zero-order valence-corrected chi connectivity index (χ0v) is 17.4. The Labute approximate surface area is 171 Å². The van der Waals surface area contributed by atoms with Crippen molar-refractivity contribution in [2.24, 2.45) is 0 Å². The standard InChI is InChI=1S/C22H26N6O/c1-15-5-6-19(11-16(15)2)22(29)27-9-7-26(8-10-27)20-13-21(24-14-23-20)28-18(4)12-17(3)25-28/h5-6,11-14H,7-10H2,1-4H3. The van der Waals surface area contributed by atoms with E-state index in [0.29, 0.717) is 13.1 Å². The number of hydrogen-bond donors (Lipinski definition) is 0. The average molecular weight is 390 g/mol. The van der Waals surface area contributed by atoms with E-state index in [0.717, 1.165) is 47.2 Å². The van der Waals surface area contributed by atoms with Gasteiger partial charge in [0, 0.05) is 43.5 Å². The molecule has 150 valence electrons. The molecule has 7 nitrogen and oxygen atoms in total. The molecule has 7 heteroatoms. The molecule has 0 spiro atoms. The summed E-state index contributed by atoms with van der Waals surface area (Å²) in [6.45, 7) is 10.9. The maximum absolute atomic E-state index is 12.9. The van der Waals surface area contributed by atoms with Gasteiger partial charge in [-0.15, -0.1) is 0 Å². The highest BCUT2D eigenvalue weighted by Gasteiger charge is 2.23. The van der Waals surface area contributed by atoms with Gasteiger partial charge < -0.3 is 9.80 Å². The van der Waals surface area contributed by atoms with Crippen LogP contribution in [0.15, 0.2) is 36.7 Å². The summed E-state index contributed by atoms with van der Waals surface area (Å²) in [5.74, 6) is 1.72. The van der Waals surface area contributed by atoms with Crippen LogP contribution in [0.25, 0.3) is 5.82 Å². The zero-order chi connectivity index (χ0) is 20.5. The van der Waals surface area contributed by atoms with Gasteiger partial charge in [0.25, 0.3) is 5.91 Å². The van der Waals surface area contributed by atoms with E-state index in [-0.39, 0.29) is 5.91 Å². The van der Waals surface area contributed by atoms with Crippen molar-refractivity contribution >= 4 is 11.7 Å². The lowest BCUT2D eigenvalue weighted by Crippen LogP contribution is -2.49. The van der Waals surface area contributed by atoms with Crippen LogP contribution in [-0.2, 0) is 0 Å². The Bertz CT molecular complexity index is 1050. The highest BCUT2D eigenvalue weighted by atomic mass is 16.2. The number of carbonyl (C=O) groups excluding carboxylic acids is 1. The normalized spacial score (nSPS) is 14.3. The predicted molar refractivity (Wildman–Crippen MR) is 113 cm³/mol. The van der Waals surface area contributed by atoms with Crippen molar-refractivity contribution in [3.05, 3.63) is 64.7 Å². The molecule has 2 aromatic heterocycles. The van der Waals surface area contributed by atoms with E-state index < -0.39 is 0 Å². The number of nitrogens with zero attached hydrogens (tertiary/aromatic N) is 6. The summed E-state index contributed by atoms with van der Waals surface area (Å²) in [4.78, 5) is 25.8. The fraction of sp³-hybridized carbons (Fsp3) is 0.364. The number of amides is 1. The highest BCUT2D eigenvalue weighted by Crippen LogP contribution is 2.19. The summed E-state index contributed by atoms with van der Waals surface area (Å²) in [7, 11) is 0. The van der Waals surface area contributed by atoms with Gasteiger partial charge in [-0.3, -0.25) is 4.79 Å². The molecule has 0 bridgehead atoms. The van der Waals surface area contributed by atoms with Crippen molar-refractivity contribution in [2.45, 2.75) is 27.7 Å². The van der Waals surface area contributed by atoms with E-state index in [2.05, 4.69) is 26.9 Å². The minimum Gasteiger partial charge on any atom is -0.353 e. The minimum atomic E-state index is 0.0961. The van der Waals surface area contributed by atoms with Crippen molar-refractivity contribution in [1.29, 1.82) is 0 Å². The van der Waals surface area contributed by atoms with Crippen molar-refractivity contribution in [3.63, 3.8) is 0 Å². The van der Waals surface area contributed by atoms with Crippen LogP contribution < -0.4 is 4.90 Å². The lowest BCUT2D eigenvalue weighted by Gasteiger charge is -2.35. The Hall–Kier alpha value is -3.22. The third-order valence-corrected chi connectivity index (χ3v) is 5.51. The maximum Gasteiger partial charge on any atom is 0.253 e. The molecule has 0 saturated carbocycles. The Balaban J connectivity index is 1.46. The van der Waals surface area contributed by atoms with Crippen LogP contribution in [0.5, 0.6) is 0 Å². The van der Waals surface area contributed by atoms with Gasteiger partial charge in [-0.1, -0.05) is 6.07 Å². The first kappa shape index (κ1) is 19.1. The lowest BCUT2D eigenvalue weighted by molar-refractivity contribution is 0.0746. The number of carbonyl (C=O) groups is 1. The van der Waals surface area contributed by atoms with Crippen molar-refractivity contribution in [3.8, 4) is 5.82 Å². The molecule has 3 aromatic rings. The average Bonchev–Trinajstić information content (AvgIpc) is 3.08. The molecule has 1 fully saturated rings. The maximum atomic E-state index is 12.9. The molecule has 3 heterocycles. The summed E-state index contributed by atoms with van der Waals surface area (Å²) in [6.07, 6.45) is 1.58. The topological polar surface area (TPSA) is 67.2 Å². The summed E-state index contributed by atoms with van der Waals surface area (Å²) < 4.78 is 1.83. The first-order valence-electron chi connectivity index (χ1n) is 9.89. The van der Waals surface area contributed by atoms with Gasteiger partial charge in [0.1, 0.15) is 12.1 Å². The fourth-order valence-corrected chi connectivity index (χ4v) is 3.68. The zero-order valence-electron chi connectivity index (χ0n) is 17.4. The molecule has 0 aliphatic carbocycles. The minimum absolute atomic E-state index is 0.0961. The molecule has 1 aliphatic rings. The van der Waals surface area contributed by atoms with E-state index in [1.54, 1.807) is 6.33 Å². The van der Waals surface area contributed by atoms with Gasteiger partial charge in [-0.2, -0.15) is 5.10 Å². The van der Waals surface area contributed by atoms with Gasteiger partial charge in [-0.25, -0.2) is 14.6 Å². The van der Waals surface area contributed by atoms with Crippen LogP contribution in [0.2, 0.25) is 0 Å². The molecule has 0 unspecified atom stereocenters. The smallest absolute Gasteiger partial charge is 0.253 e. The highest BCUT2D eigenvalue weighted by molar-refractivity contribution is 5.94. The lowest BCUT2D eigenvalue weighted by atomic mass is 10.1. The predicted octanol–water partition coefficient (Wildman–Crippen LogP) is 2.86. The third-order valence-electron chi connectivity index (χ3n) is 5.51. The molecule has 0 atom stereocenters.